The minimum absolute atomic E-state index is 0.0773. The van der Waals surface area contributed by atoms with Gasteiger partial charge in [0.15, 0.2) is 5.78 Å². The van der Waals surface area contributed by atoms with Gasteiger partial charge in [0.2, 0.25) is 0 Å². The van der Waals surface area contributed by atoms with Crippen molar-refractivity contribution in [3.8, 4) is 5.75 Å². The molecule has 0 aliphatic heterocycles. The molecule has 0 spiro atoms. The van der Waals surface area contributed by atoms with Gasteiger partial charge in [-0.2, -0.15) is 0 Å². The van der Waals surface area contributed by atoms with Crippen LogP contribution in [0.3, 0.4) is 0 Å². The van der Waals surface area contributed by atoms with E-state index >= 15 is 0 Å². The summed E-state index contributed by atoms with van der Waals surface area (Å²) in [6.07, 6.45) is 0. The average molecular weight is 242 g/mol. The zero-order valence-electron chi connectivity index (χ0n) is 11.3. The van der Waals surface area contributed by atoms with Crippen molar-refractivity contribution in [3.05, 3.63) is 42.0 Å². The third-order valence-electron chi connectivity index (χ3n) is 2.68. The SMILES string of the molecule is CC(=O)c1cccc2c(OC(C)(C)C)cccc12. The number of hydrogen-bond donors (Lipinski definition) is 0. The number of rotatable bonds is 2. The molecule has 0 aromatic heterocycles. The lowest BCUT2D eigenvalue weighted by Gasteiger charge is -2.22. The molecule has 2 aromatic carbocycles. The lowest BCUT2D eigenvalue weighted by atomic mass is 10.0. The van der Waals surface area contributed by atoms with E-state index in [2.05, 4.69) is 0 Å². The van der Waals surface area contributed by atoms with Gasteiger partial charge in [-0.1, -0.05) is 30.3 Å². The van der Waals surface area contributed by atoms with E-state index in [0.717, 1.165) is 22.1 Å². The highest BCUT2D eigenvalue weighted by Crippen LogP contribution is 2.30. The topological polar surface area (TPSA) is 26.3 Å². The van der Waals surface area contributed by atoms with Gasteiger partial charge in [-0.25, -0.2) is 0 Å². The number of ketones is 1. The highest BCUT2D eigenvalue weighted by atomic mass is 16.5. The van der Waals surface area contributed by atoms with Crippen molar-refractivity contribution in [3.63, 3.8) is 0 Å². The van der Waals surface area contributed by atoms with Crippen molar-refractivity contribution in [2.24, 2.45) is 0 Å². The fourth-order valence-electron chi connectivity index (χ4n) is 2.01. The number of carbonyl (C=O) groups excluding carboxylic acids is 1. The van der Waals surface area contributed by atoms with Crippen LogP contribution in [0.25, 0.3) is 10.8 Å². The first-order valence-electron chi connectivity index (χ1n) is 6.10. The Hall–Kier alpha value is -1.83. The molecular weight excluding hydrogens is 224 g/mol. The van der Waals surface area contributed by atoms with Gasteiger partial charge in [0.25, 0.3) is 0 Å². The van der Waals surface area contributed by atoms with Crippen molar-refractivity contribution in [2.75, 3.05) is 0 Å². The zero-order valence-corrected chi connectivity index (χ0v) is 11.3. The molecular formula is C16H18O2. The van der Waals surface area contributed by atoms with Gasteiger partial charge >= 0.3 is 0 Å². The van der Waals surface area contributed by atoms with E-state index in [1.807, 2.05) is 57.2 Å². The Morgan fingerprint density at radius 1 is 1.00 bits per heavy atom. The van der Waals surface area contributed by atoms with Gasteiger partial charge in [0.1, 0.15) is 11.4 Å². The number of carbonyl (C=O) groups is 1. The molecule has 0 heterocycles. The second kappa shape index (κ2) is 4.45. The van der Waals surface area contributed by atoms with Gasteiger partial charge in [0.05, 0.1) is 0 Å². The fourth-order valence-corrected chi connectivity index (χ4v) is 2.01. The van der Waals surface area contributed by atoms with Gasteiger partial charge in [-0.15, -0.1) is 0 Å². The summed E-state index contributed by atoms with van der Waals surface area (Å²) >= 11 is 0. The summed E-state index contributed by atoms with van der Waals surface area (Å²) in [4.78, 5) is 11.6. The van der Waals surface area contributed by atoms with Crippen molar-refractivity contribution >= 4 is 16.6 Å². The maximum absolute atomic E-state index is 11.6. The lowest BCUT2D eigenvalue weighted by molar-refractivity contribution is 0.101. The number of benzene rings is 2. The molecule has 0 amide bonds. The van der Waals surface area contributed by atoms with E-state index < -0.39 is 0 Å². The Balaban J connectivity index is 2.64. The second-order valence-electron chi connectivity index (χ2n) is 5.43. The molecule has 0 saturated heterocycles. The van der Waals surface area contributed by atoms with E-state index in [1.165, 1.54) is 0 Å². The van der Waals surface area contributed by atoms with Crippen LogP contribution >= 0.6 is 0 Å². The maximum atomic E-state index is 11.6. The Morgan fingerprint density at radius 2 is 1.61 bits per heavy atom. The van der Waals surface area contributed by atoms with E-state index in [-0.39, 0.29) is 11.4 Å². The molecule has 2 aromatic rings. The molecule has 2 nitrogen and oxygen atoms in total. The first kappa shape index (κ1) is 12.6. The van der Waals surface area contributed by atoms with Crippen molar-refractivity contribution < 1.29 is 9.53 Å². The Morgan fingerprint density at radius 3 is 2.22 bits per heavy atom. The number of hydrogen-bond acceptors (Lipinski definition) is 2. The molecule has 0 saturated carbocycles. The van der Waals surface area contributed by atoms with Crippen LogP contribution in [-0.2, 0) is 0 Å². The van der Waals surface area contributed by atoms with Gasteiger partial charge in [-0.3, -0.25) is 4.79 Å². The van der Waals surface area contributed by atoms with Crippen LogP contribution in [-0.4, -0.2) is 11.4 Å². The third-order valence-corrected chi connectivity index (χ3v) is 2.68. The second-order valence-corrected chi connectivity index (χ2v) is 5.43. The number of fused-ring (bicyclic) bond motifs is 1. The van der Waals surface area contributed by atoms with Crippen LogP contribution < -0.4 is 4.74 Å². The van der Waals surface area contributed by atoms with Crippen LogP contribution in [0.15, 0.2) is 36.4 Å². The molecule has 0 aliphatic rings. The monoisotopic (exact) mass is 242 g/mol. The Kier molecular flexibility index (Phi) is 3.12. The summed E-state index contributed by atoms with van der Waals surface area (Å²) in [6, 6.07) is 11.6. The summed E-state index contributed by atoms with van der Waals surface area (Å²) in [5.41, 5.74) is 0.493. The van der Waals surface area contributed by atoms with Crippen LogP contribution in [0.1, 0.15) is 38.1 Å². The maximum Gasteiger partial charge on any atom is 0.160 e. The van der Waals surface area contributed by atoms with Gasteiger partial charge in [-0.05, 0) is 39.1 Å². The number of Topliss-reactive ketones (excluding diaryl/α,β-unsaturated/α-hetero) is 1. The molecule has 0 aliphatic carbocycles. The highest BCUT2D eigenvalue weighted by molar-refractivity contribution is 6.08. The summed E-state index contributed by atoms with van der Waals surface area (Å²) in [7, 11) is 0. The van der Waals surface area contributed by atoms with Crippen molar-refractivity contribution in [1.29, 1.82) is 0 Å². The average Bonchev–Trinajstić information content (AvgIpc) is 2.26. The van der Waals surface area contributed by atoms with Crippen molar-refractivity contribution in [2.45, 2.75) is 33.3 Å². The molecule has 2 heteroatoms. The summed E-state index contributed by atoms with van der Waals surface area (Å²) in [5, 5.41) is 1.94. The molecule has 0 fully saturated rings. The number of ether oxygens (including phenoxy) is 1. The van der Waals surface area contributed by atoms with E-state index in [1.54, 1.807) is 6.92 Å². The summed E-state index contributed by atoms with van der Waals surface area (Å²) in [5.74, 6) is 0.900. The minimum Gasteiger partial charge on any atom is -0.488 e. The molecule has 0 atom stereocenters. The molecule has 0 bridgehead atoms. The van der Waals surface area contributed by atoms with E-state index in [9.17, 15) is 4.79 Å². The van der Waals surface area contributed by atoms with Crippen LogP contribution in [0.4, 0.5) is 0 Å². The predicted octanol–water partition coefficient (Wildman–Crippen LogP) is 4.22. The first-order valence-corrected chi connectivity index (χ1v) is 6.10. The lowest BCUT2D eigenvalue weighted by Crippen LogP contribution is -2.23. The van der Waals surface area contributed by atoms with Crippen LogP contribution in [0.2, 0.25) is 0 Å². The van der Waals surface area contributed by atoms with Crippen LogP contribution in [0.5, 0.6) is 5.75 Å². The van der Waals surface area contributed by atoms with E-state index in [0.29, 0.717) is 0 Å². The smallest absolute Gasteiger partial charge is 0.160 e. The summed E-state index contributed by atoms with van der Waals surface area (Å²) < 4.78 is 5.94. The summed E-state index contributed by atoms with van der Waals surface area (Å²) in [6.45, 7) is 7.63. The first-order chi connectivity index (χ1) is 8.38. The van der Waals surface area contributed by atoms with Gasteiger partial charge in [0, 0.05) is 10.9 Å². The standard InChI is InChI=1S/C16H18O2/c1-11(17)12-7-5-9-14-13(12)8-6-10-15(14)18-16(2,3)4/h5-10H,1-4H3. The largest absolute Gasteiger partial charge is 0.488 e. The molecule has 18 heavy (non-hydrogen) atoms. The quantitative estimate of drug-likeness (QED) is 0.737. The fraction of sp³-hybridized carbons (Fsp3) is 0.312. The highest BCUT2D eigenvalue weighted by Gasteiger charge is 2.15. The molecule has 0 N–H and O–H groups in total. The molecule has 0 radical (unpaired) electrons. The molecule has 0 unspecified atom stereocenters. The predicted molar refractivity (Wildman–Crippen MR) is 74.3 cm³/mol. The Labute approximate surface area is 108 Å². The van der Waals surface area contributed by atoms with Crippen molar-refractivity contribution in [1.82, 2.24) is 0 Å². The van der Waals surface area contributed by atoms with Crippen LogP contribution in [0, 0.1) is 0 Å². The van der Waals surface area contributed by atoms with Gasteiger partial charge < -0.3 is 4.74 Å². The normalized spacial score (nSPS) is 11.6. The third kappa shape index (κ3) is 2.53. The minimum atomic E-state index is -0.249. The van der Waals surface area contributed by atoms with E-state index in [4.69, 9.17) is 4.74 Å². The Bertz CT molecular complexity index is 592. The zero-order chi connectivity index (χ0) is 13.3. The molecule has 2 rings (SSSR count). The molecule has 94 valence electrons.